The number of ether oxygens (including phenoxy) is 1. The number of fused-ring (bicyclic) bond motifs is 1. The van der Waals surface area contributed by atoms with Gasteiger partial charge in [0.05, 0.1) is 13.2 Å². The fraction of sp³-hybridized carbons (Fsp3) is 0.111. The number of benzene rings is 3. The topological polar surface area (TPSA) is 9.23 Å². The van der Waals surface area contributed by atoms with Crippen LogP contribution in [0, 0.1) is 0 Å². The molecular formula is C18H14Br2O. The summed E-state index contributed by atoms with van der Waals surface area (Å²) in [6.45, 7) is 1.22. The minimum Gasteiger partial charge on any atom is -0.372 e. The van der Waals surface area contributed by atoms with E-state index in [9.17, 15) is 0 Å². The molecule has 3 rings (SSSR count). The van der Waals surface area contributed by atoms with E-state index in [0.717, 1.165) is 8.95 Å². The Morgan fingerprint density at radius 1 is 0.762 bits per heavy atom. The van der Waals surface area contributed by atoms with E-state index in [0.29, 0.717) is 13.2 Å². The average molecular weight is 406 g/mol. The molecule has 0 unspecified atom stereocenters. The maximum atomic E-state index is 5.83. The van der Waals surface area contributed by atoms with Gasteiger partial charge in [-0.1, -0.05) is 64.5 Å². The third kappa shape index (κ3) is 3.54. The lowest BCUT2D eigenvalue weighted by Crippen LogP contribution is -1.95. The highest BCUT2D eigenvalue weighted by Crippen LogP contribution is 2.28. The summed E-state index contributed by atoms with van der Waals surface area (Å²) in [7, 11) is 0. The molecule has 106 valence electrons. The van der Waals surface area contributed by atoms with Crippen molar-refractivity contribution in [1.29, 1.82) is 0 Å². The molecule has 0 aliphatic rings. The van der Waals surface area contributed by atoms with Crippen LogP contribution in [0.4, 0.5) is 0 Å². The molecule has 1 nitrogen and oxygen atoms in total. The Bertz CT molecular complexity index is 751. The first-order valence-corrected chi connectivity index (χ1v) is 8.31. The molecule has 0 fully saturated rings. The van der Waals surface area contributed by atoms with Crippen molar-refractivity contribution in [3.63, 3.8) is 0 Å². The van der Waals surface area contributed by atoms with E-state index in [1.807, 2.05) is 12.1 Å². The van der Waals surface area contributed by atoms with Gasteiger partial charge in [-0.3, -0.25) is 0 Å². The van der Waals surface area contributed by atoms with Crippen molar-refractivity contribution in [1.82, 2.24) is 0 Å². The summed E-state index contributed by atoms with van der Waals surface area (Å²) in [6, 6.07) is 20.8. The SMILES string of the molecule is Brc1ccc(COCc2ccc3ccccc3c2Br)cc1. The van der Waals surface area contributed by atoms with Crippen LogP contribution in [0.3, 0.4) is 0 Å². The Morgan fingerprint density at radius 3 is 2.33 bits per heavy atom. The lowest BCUT2D eigenvalue weighted by molar-refractivity contribution is 0.107. The van der Waals surface area contributed by atoms with Crippen LogP contribution in [0.2, 0.25) is 0 Å². The molecule has 3 aromatic carbocycles. The maximum Gasteiger partial charge on any atom is 0.0732 e. The highest BCUT2D eigenvalue weighted by atomic mass is 79.9. The van der Waals surface area contributed by atoms with Gasteiger partial charge in [-0.2, -0.15) is 0 Å². The van der Waals surface area contributed by atoms with E-state index in [4.69, 9.17) is 4.74 Å². The van der Waals surface area contributed by atoms with Crippen molar-refractivity contribution >= 4 is 42.6 Å². The molecule has 0 saturated carbocycles. The molecule has 0 aliphatic heterocycles. The van der Waals surface area contributed by atoms with Gasteiger partial charge in [0.2, 0.25) is 0 Å². The van der Waals surface area contributed by atoms with Gasteiger partial charge in [0, 0.05) is 8.95 Å². The van der Waals surface area contributed by atoms with Gasteiger partial charge < -0.3 is 4.74 Å². The number of hydrogen-bond donors (Lipinski definition) is 0. The Hall–Kier alpha value is -1.16. The van der Waals surface area contributed by atoms with Gasteiger partial charge in [-0.25, -0.2) is 0 Å². The van der Waals surface area contributed by atoms with Gasteiger partial charge >= 0.3 is 0 Å². The zero-order valence-corrected chi connectivity index (χ0v) is 14.5. The monoisotopic (exact) mass is 404 g/mol. The molecule has 0 atom stereocenters. The Kier molecular flexibility index (Phi) is 4.73. The van der Waals surface area contributed by atoms with Crippen molar-refractivity contribution in [3.05, 3.63) is 80.7 Å². The van der Waals surface area contributed by atoms with E-state index in [2.05, 4.69) is 80.4 Å². The van der Waals surface area contributed by atoms with Gasteiger partial charge in [-0.15, -0.1) is 0 Å². The maximum absolute atomic E-state index is 5.83. The largest absolute Gasteiger partial charge is 0.372 e. The summed E-state index contributed by atoms with van der Waals surface area (Å²) in [5.74, 6) is 0. The zero-order valence-electron chi connectivity index (χ0n) is 11.4. The number of halogens is 2. The first kappa shape index (κ1) is 14.8. The second-order valence-corrected chi connectivity index (χ2v) is 6.59. The first-order chi connectivity index (χ1) is 10.2. The highest BCUT2D eigenvalue weighted by Gasteiger charge is 2.05. The van der Waals surface area contributed by atoms with Crippen molar-refractivity contribution in [3.8, 4) is 0 Å². The van der Waals surface area contributed by atoms with Crippen LogP contribution < -0.4 is 0 Å². The molecule has 0 saturated heterocycles. The van der Waals surface area contributed by atoms with Crippen molar-refractivity contribution in [2.24, 2.45) is 0 Å². The Balaban J connectivity index is 1.70. The van der Waals surface area contributed by atoms with E-state index in [-0.39, 0.29) is 0 Å². The van der Waals surface area contributed by atoms with Gasteiger partial charge in [0.25, 0.3) is 0 Å². The molecule has 0 heterocycles. The van der Waals surface area contributed by atoms with Crippen LogP contribution in [-0.2, 0) is 18.0 Å². The van der Waals surface area contributed by atoms with Crippen molar-refractivity contribution < 1.29 is 4.74 Å². The zero-order chi connectivity index (χ0) is 14.7. The Morgan fingerprint density at radius 2 is 1.52 bits per heavy atom. The quantitative estimate of drug-likeness (QED) is 0.510. The molecular weight excluding hydrogens is 392 g/mol. The van der Waals surface area contributed by atoms with E-state index in [1.54, 1.807) is 0 Å². The van der Waals surface area contributed by atoms with Crippen LogP contribution in [0.1, 0.15) is 11.1 Å². The highest BCUT2D eigenvalue weighted by molar-refractivity contribution is 9.11. The molecule has 0 aliphatic carbocycles. The molecule has 0 radical (unpaired) electrons. The number of rotatable bonds is 4. The second kappa shape index (κ2) is 6.73. The molecule has 0 amide bonds. The molecule has 0 N–H and O–H groups in total. The van der Waals surface area contributed by atoms with Crippen LogP contribution in [0.15, 0.2) is 69.6 Å². The van der Waals surface area contributed by atoms with Crippen molar-refractivity contribution in [2.75, 3.05) is 0 Å². The second-order valence-electron chi connectivity index (χ2n) is 4.88. The predicted octanol–water partition coefficient (Wildman–Crippen LogP) is 6.08. The van der Waals surface area contributed by atoms with Gasteiger partial charge in [-0.05, 0) is 50.0 Å². The van der Waals surface area contributed by atoms with E-state index in [1.165, 1.54) is 21.9 Å². The normalized spacial score (nSPS) is 11.0. The van der Waals surface area contributed by atoms with Crippen LogP contribution >= 0.6 is 31.9 Å². The summed E-state index contributed by atoms with van der Waals surface area (Å²) >= 11 is 7.13. The summed E-state index contributed by atoms with van der Waals surface area (Å²) in [5, 5.41) is 2.46. The van der Waals surface area contributed by atoms with Gasteiger partial charge in [0.1, 0.15) is 0 Å². The lowest BCUT2D eigenvalue weighted by atomic mass is 10.1. The smallest absolute Gasteiger partial charge is 0.0732 e. The predicted molar refractivity (Wildman–Crippen MR) is 94.3 cm³/mol. The molecule has 21 heavy (non-hydrogen) atoms. The average Bonchev–Trinajstić information content (AvgIpc) is 2.52. The van der Waals surface area contributed by atoms with Crippen LogP contribution in [-0.4, -0.2) is 0 Å². The summed E-state index contributed by atoms with van der Waals surface area (Å²) in [5.41, 5.74) is 2.35. The third-order valence-corrected chi connectivity index (χ3v) is 4.85. The molecule has 3 heteroatoms. The van der Waals surface area contributed by atoms with E-state index < -0.39 is 0 Å². The summed E-state index contributed by atoms with van der Waals surface area (Å²) < 4.78 is 8.04. The Labute approximate surface area is 141 Å². The standard InChI is InChI=1S/C18H14Br2O/c19-16-9-5-13(6-10-16)11-21-12-15-8-7-14-3-1-2-4-17(14)18(15)20/h1-10H,11-12H2. The van der Waals surface area contributed by atoms with Crippen LogP contribution in [0.25, 0.3) is 10.8 Å². The minimum absolute atomic E-state index is 0.599. The van der Waals surface area contributed by atoms with E-state index >= 15 is 0 Å². The summed E-state index contributed by atoms with van der Waals surface area (Å²) in [6.07, 6.45) is 0. The fourth-order valence-corrected chi connectivity index (χ4v) is 3.12. The third-order valence-electron chi connectivity index (χ3n) is 3.38. The molecule has 0 bridgehead atoms. The minimum atomic E-state index is 0.599. The van der Waals surface area contributed by atoms with Gasteiger partial charge in [0.15, 0.2) is 0 Å². The van der Waals surface area contributed by atoms with Crippen molar-refractivity contribution in [2.45, 2.75) is 13.2 Å². The summed E-state index contributed by atoms with van der Waals surface area (Å²) in [4.78, 5) is 0. The molecule has 0 aromatic heterocycles. The first-order valence-electron chi connectivity index (χ1n) is 6.72. The molecule has 0 spiro atoms. The molecule has 3 aromatic rings. The lowest BCUT2D eigenvalue weighted by Gasteiger charge is -2.09. The van der Waals surface area contributed by atoms with Crippen LogP contribution in [0.5, 0.6) is 0 Å². The fourth-order valence-electron chi connectivity index (χ4n) is 2.25. The number of hydrogen-bond acceptors (Lipinski definition) is 1.